The fourth-order valence-electron chi connectivity index (χ4n) is 0. The molecule has 0 bridgehead atoms. The topological polar surface area (TPSA) is 191 Å². The van der Waals surface area contributed by atoms with Gasteiger partial charge < -0.3 is 36.2 Å². The monoisotopic (exact) mass is 279 g/mol. The summed E-state index contributed by atoms with van der Waals surface area (Å²) in [5.74, 6) is -3.83. The van der Waals surface area contributed by atoms with E-state index in [0.717, 1.165) is 27.7 Å². The van der Waals surface area contributed by atoms with Crippen LogP contribution in [0.15, 0.2) is 0 Å². The molecule has 0 aromatic rings. The van der Waals surface area contributed by atoms with Crippen LogP contribution in [0.1, 0.15) is 27.7 Å². The molecule has 10 heteroatoms. The number of hydrogen-bond acceptors (Lipinski definition) is 6. The molecule has 0 saturated heterocycles. The van der Waals surface area contributed by atoms with Gasteiger partial charge in [0.05, 0.1) is 0 Å². The van der Waals surface area contributed by atoms with E-state index < -0.39 is 23.9 Å². The molecular weight excluding hydrogens is 261 g/mol. The van der Waals surface area contributed by atoms with Crippen LogP contribution in [0.3, 0.4) is 0 Å². The zero-order chi connectivity index (χ0) is 14.3. The van der Waals surface area contributed by atoms with Gasteiger partial charge >= 0.3 is 29.6 Å². The van der Waals surface area contributed by atoms with Crippen LogP contribution in [0.5, 0.6) is 0 Å². The van der Waals surface area contributed by atoms with Crippen LogP contribution in [0.25, 0.3) is 0 Å². The van der Waals surface area contributed by atoms with Gasteiger partial charge in [-0.2, -0.15) is 0 Å². The van der Waals surface area contributed by atoms with Crippen molar-refractivity contribution in [2.24, 2.45) is 0 Å². The summed E-state index contributed by atoms with van der Waals surface area (Å²) in [6.45, 7) is 4.11. The zero-order valence-electron chi connectivity index (χ0n) is 11.3. The van der Waals surface area contributed by atoms with Gasteiger partial charge in [0.15, 0.2) is 0 Å². The Labute approximate surface area is 127 Å². The second-order valence-corrected chi connectivity index (χ2v) is 2.02. The Morgan fingerprint density at radius 2 is 0.722 bits per heavy atom. The van der Waals surface area contributed by atoms with Gasteiger partial charge in [-0.15, -0.1) is 0 Å². The van der Waals surface area contributed by atoms with Crippen molar-refractivity contribution in [3.63, 3.8) is 0 Å². The molecule has 0 amide bonds. The van der Waals surface area contributed by atoms with Crippen LogP contribution < -0.4 is 45.9 Å². The predicted molar refractivity (Wildman–Crippen MR) is 54.0 cm³/mol. The predicted octanol–water partition coefficient (Wildman–Crippen LogP) is -4.93. The van der Waals surface area contributed by atoms with Gasteiger partial charge in [-0.1, -0.05) is 0 Å². The number of carbonyl (C=O) groups excluding carboxylic acids is 2. The van der Waals surface area contributed by atoms with E-state index in [1.165, 1.54) is 0 Å². The van der Waals surface area contributed by atoms with Crippen molar-refractivity contribution in [1.29, 1.82) is 0 Å². The molecule has 18 heavy (non-hydrogen) atoms. The molecule has 0 aromatic heterocycles. The second-order valence-electron chi connectivity index (χ2n) is 2.02. The van der Waals surface area contributed by atoms with Crippen molar-refractivity contribution >= 4 is 23.9 Å². The molecule has 0 heterocycles. The molecule has 0 spiro atoms. The minimum Gasteiger partial charge on any atom is -0.550 e. The molecule has 6 N–H and O–H groups in total. The van der Waals surface area contributed by atoms with Crippen LogP contribution in [0.4, 0.5) is 0 Å². The number of rotatable bonds is 0. The van der Waals surface area contributed by atoms with Gasteiger partial charge in [-0.25, -0.2) is 0 Å². The number of quaternary nitrogens is 1. The molecule has 0 radical (unpaired) electrons. The Bertz CT molecular complexity index is 167. The summed E-state index contributed by atoms with van der Waals surface area (Å²) < 4.78 is 0. The number of aliphatic carboxylic acids is 4. The SMILES string of the molecule is CC(=O)O.CC(=O)O.CC(=O)[O-].CC(=O)[O-].[NH4+].[Na+]. The Morgan fingerprint density at radius 3 is 0.722 bits per heavy atom. The van der Waals surface area contributed by atoms with E-state index in [1.54, 1.807) is 0 Å². The molecule has 9 nitrogen and oxygen atoms in total. The molecule has 0 aromatic carbocycles. The summed E-state index contributed by atoms with van der Waals surface area (Å²) in [4.78, 5) is 35.8. The maximum absolute atomic E-state index is 9.00. The molecular formula is C8H18NNaO8. The second kappa shape index (κ2) is 29.7. The van der Waals surface area contributed by atoms with Gasteiger partial charge in [0, 0.05) is 25.8 Å². The Morgan fingerprint density at radius 1 is 0.722 bits per heavy atom. The van der Waals surface area contributed by atoms with Crippen molar-refractivity contribution in [3.05, 3.63) is 0 Å². The third-order valence-electron chi connectivity index (χ3n) is 0. The van der Waals surface area contributed by atoms with Gasteiger partial charge in [0.1, 0.15) is 0 Å². The Kier molecular flexibility index (Phi) is 59.3. The quantitative estimate of drug-likeness (QED) is 0.367. The molecule has 0 unspecified atom stereocenters. The van der Waals surface area contributed by atoms with E-state index in [9.17, 15) is 0 Å². The number of carboxylic acids is 4. The van der Waals surface area contributed by atoms with Crippen LogP contribution in [0.2, 0.25) is 0 Å². The minimum atomic E-state index is -1.08. The summed E-state index contributed by atoms with van der Waals surface area (Å²) >= 11 is 0. The molecule has 0 fully saturated rings. The third kappa shape index (κ3) is 2110. The van der Waals surface area contributed by atoms with Gasteiger partial charge in [0.25, 0.3) is 11.9 Å². The van der Waals surface area contributed by atoms with Crippen LogP contribution in [-0.2, 0) is 19.2 Å². The van der Waals surface area contributed by atoms with E-state index in [-0.39, 0.29) is 35.7 Å². The first-order valence-electron chi connectivity index (χ1n) is 3.67. The third-order valence-corrected chi connectivity index (χ3v) is 0. The zero-order valence-corrected chi connectivity index (χ0v) is 13.3. The van der Waals surface area contributed by atoms with Crippen molar-refractivity contribution in [3.8, 4) is 0 Å². The molecule has 0 saturated carbocycles. The smallest absolute Gasteiger partial charge is 0.550 e. The first-order valence-corrected chi connectivity index (χ1v) is 3.67. The molecule has 104 valence electrons. The van der Waals surface area contributed by atoms with E-state index >= 15 is 0 Å². The fourth-order valence-corrected chi connectivity index (χ4v) is 0. The standard InChI is InChI=1S/4C2H4O2.H3N.Na/c4*1-2(3)4;;/h4*1H3,(H,3,4);1H3;/q;;;;;+1/p-1. The molecule has 0 atom stereocenters. The number of carbonyl (C=O) groups is 4. The first kappa shape index (κ1) is 36.0. The Balaban J connectivity index is -0.0000000257. The van der Waals surface area contributed by atoms with Crippen molar-refractivity contribution in [2.45, 2.75) is 27.7 Å². The molecule has 0 aliphatic rings. The average molecular weight is 279 g/mol. The van der Waals surface area contributed by atoms with Crippen LogP contribution >= 0.6 is 0 Å². The van der Waals surface area contributed by atoms with E-state index in [0.29, 0.717) is 0 Å². The summed E-state index contributed by atoms with van der Waals surface area (Å²) in [7, 11) is 0. The van der Waals surface area contributed by atoms with E-state index in [4.69, 9.17) is 39.6 Å². The van der Waals surface area contributed by atoms with Crippen LogP contribution in [-0.4, -0.2) is 34.1 Å². The molecule has 0 aliphatic heterocycles. The fraction of sp³-hybridized carbons (Fsp3) is 0.500. The van der Waals surface area contributed by atoms with Gasteiger partial charge in [0.2, 0.25) is 0 Å². The summed E-state index contributed by atoms with van der Waals surface area (Å²) in [5.41, 5.74) is 0. The Hall–Kier alpha value is -1.16. The van der Waals surface area contributed by atoms with Crippen molar-refractivity contribution in [2.75, 3.05) is 0 Å². The van der Waals surface area contributed by atoms with E-state index in [2.05, 4.69) is 0 Å². The molecule has 0 rings (SSSR count). The summed E-state index contributed by atoms with van der Waals surface area (Å²) in [6, 6.07) is 0. The van der Waals surface area contributed by atoms with Crippen molar-refractivity contribution < 1.29 is 69.2 Å². The van der Waals surface area contributed by atoms with Gasteiger partial charge in [-0.3, -0.25) is 9.59 Å². The molecule has 0 aliphatic carbocycles. The summed E-state index contributed by atoms with van der Waals surface area (Å²) in [5, 5.41) is 32.6. The number of carboxylic acid groups (broad SMARTS) is 4. The van der Waals surface area contributed by atoms with Crippen molar-refractivity contribution in [1.82, 2.24) is 6.15 Å². The van der Waals surface area contributed by atoms with E-state index in [1.807, 2.05) is 0 Å². The average Bonchev–Trinajstić information content (AvgIpc) is 1.76. The van der Waals surface area contributed by atoms with Crippen LogP contribution in [0, 0.1) is 0 Å². The summed E-state index contributed by atoms with van der Waals surface area (Å²) in [6.07, 6.45) is 0. The largest absolute Gasteiger partial charge is 1.00 e. The maximum atomic E-state index is 9.00. The van der Waals surface area contributed by atoms with Gasteiger partial charge in [-0.05, 0) is 13.8 Å². The first-order chi connectivity index (χ1) is 6.93. The minimum absolute atomic E-state index is 0. The number of hydrogen-bond donors (Lipinski definition) is 3. The normalized spacial score (nSPS) is 5.56. The maximum Gasteiger partial charge on any atom is 1.00 e.